The predicted octanol–water partition coefficient (Wildman–Crippen LogP) is 1.12. The standard InChI is InChI=1S/C16H21FN2O3/c1-22-9-7-15(20)18-14-10-16(21)19(11-14)8-6-12-2-4-13(17)5-3-12/h2-5,14H,6-11H2,1H3,(H,18,20)/t14-/m1/s1. The monoisotopic (exact) mass is 308 g/mol. The van der Waals surface area contributed by atoms with Gasteiger partial charge in [0.1, 0.15) is 5.82 Å². The van der Waals surface area contributed by atoms with E-state index in [9.17, 15) is 14.0 Å². The summed E-state index contributed by atoms with van der Waals surface area (Å²) in [6.45, 7) is 1.48. The molecule has 0 spiro atoms. The maximum Gasteiger partial charge on any atom is 0.224 e. The van der Waals surface area contributed by atoms with Crippen molar-refractivity contribution in [3.8, 4) is 0 Å². The fourth-order valence-electron chi connectivity index (χ4n) is 2.49. The second-order valence-corrected chi connectivity index (χ2v) is 5.43. The van der Waals surface area contributed by atoms with Gasteiger partial charge in [-0.1, -0.05) is 12.1 Å². The van der Waals surface area contributed by atoms with Crippen molar-refractivity contribution >= 4 is 11.8 Å². The molecule has 0 aromatic heterocycles. The molecule has 0 radical (unpaired) electrons. The number of nitrogens with zero attached hydrogens (tertiary/aromatic N) is 1. The number of methoxy groups -OCH3 is 1. The van der Waals surface area contributed by atoms with Gasteiger partial charge in [-0.2, -0.15) is 0 Å². The molecular weight excluding hydrogens is 287 g/mol. The van der Waals surface area contributed by atoms with E-state index in [2.05, 4.69) is 5.32 Å². The van der Waals surface area contributed by atoms with Crippen LogP contribution in [0.15, 0.2) is 24.3 Å². The molecule has 6 heteroatoms. The molecule has 0 saturated carbocycles. The average molecular weight is 308 g/mol. The number of halogens is 1. The van der Waals surface area contributed by atoms with Gasteiger partial charge in [0.25, 0.3) is 0 Å². The predicted molar refractivity (Wildman–Crippen MR) is 79.7 cm³/mol. The largest absolute Gasteiger partial charge is 0.384 e. The van der Waals surface area contributed by atoms with E-state index in [-0.39, 0.29) is 23.7 Å². The molecule has 1 atom stereocenters. The van der Waals surface area contributed by atoms with Crippen LogP contribution in [0.5, 0.6) is 0 Å². The van der Waals surface area contributed by atoms with Crippen molar-refractivity contribution < 1.29 is 18.7 Å². The summed E-state index contributed by atoms with van der Waals surface area (Å²) in [6, 6.07) is 6.14. The molecule has 22 heavy (non-hydrogen) atoms. The van der Waals surface area contributed by atoms with Gasteiger partial charge < -0.3 is 15.0 Å². The first-order chi connectivity index (χ1) is 10.6. The van der Waals surface area contributed by atoms with E-state index in [0.29, 0.717) is 39.0 Å². The van der Waals surface area contributed by atoms with Crippen LogP contribution in [0.4, 0.5) is 4.39 Å². The van der Waals surface area contributed by atoms with Crippen molar-refractivity contribution in [2.24, 2.45) is 0 Å². The second kappa shape index (κ2) is 7.89. The van der Waals surface area contributed by atoms with E-state index in [4.69, 9.17) is 4.74 Å². The lowest BCUT2D eigenvalue weighted by Crippen LogP contribution is -2.37. The summed E-state index contributed by atoms with van der Waals surface area (Å²) in [5, 5.41) is 2.85. The number of ether oxygens (including phenoxy) is 1. The van der Waals surface area contributed by atoms with Gasteiger partial charge in [0, 0.05) is 33.0 Å². The fraction of sp³-hybridized carbons (Fsp3) is 0.500. The molecule has 1 aliphatic heterocycles. The highest BCUT2D eigenvalue weighted by atomic mass is 19.1. The minimum absolute atomic E-state index is 0.0409. The Balaban J connectivity index is 1.77. The van der Waals surface area contributed by atoms with E-state index in [1.807, 2.05) is 0 Å². The fourth-order valence-corrected chi connectivity index (χ4v) is 2.49. The first-order valence-corrected chi connectivity index (χ1v) is 7.39. The summed E-state index contributed by atoms with van der Waals surface area (Å²) in [4.78, 5) is 25.3. The van der Waals surface area contributed by atoms with Gasteiger partial charge in [0.15, 0.2) is 0 Å². The first-order valence-electron chi connectivity index (χ1n) is 7.39. The number of hydrogen-bond donors (Lipinski definition) is 1. The molecule has 0 aliphatic carbocycles. The van der Waals surface area contributed by atoms with E-state index in [0.717, 1.165) is 5.56 Å². The molecule has 1 aliphatic rings. The normalized spacial score (nSPS) is 17.8. The number of carbonyl (C=O) groups excluding carboxylic acids is 2. The third-order valence-electron chi connectivity index (χ3n) is 3.70. The maximum atomic E-state index is 12.8. The molecule has 1 heterocycles. The SMILES string of the molecule is COCCC(=O)N[C@@H]1CC(=O)N(CCc2ccc(F)cc2)C1. The summed E-state index contributed by atoms with van der Waals surface area (Å²) >= 11 is 0. The summed E-state index contributed by atoms with van der Waals surface area (Å²) in [5.41, 5.74) is 0.988. The number of benzene rings is 1. The van der Waals surface area contributed by atoms with Crippen molar-refractivity contribution in [3.05, 3.63) is 35.6 Å². The molecule has 5 nitrogen and oxygen atoms in total. The van der Waals surface area contributed by atoms with Crippen LogP contribution in [0.1, 0.15) is 18.4 Å². The van der Waals surface area contributed by atoms with Crippen molar-refractivity contribution in [1.82, 2.24) is 10.2 Å². The van der Waals surface area contributed by atoms with Crippen LogP contribution in [0, 0.1) is 5.82 Å². The Morgan fingerprint density at radius 3 is 2.82 bits per heavy atom. The number of likely N-dealkylation sites (tertiary alicyclic amines) is 1. The molecular formula is C16H21FN2O3. The highest BCUT2D eigenvalue weighted by molar-refractivity contribution is 5.82. The Bertz CT molecular complexity index is 519. The number of hydrogen-bond acceptors (Lipinski definition) is 3. The van der Waals surface area contributed by atoms with Crippen LogP contribution in [-0.4, -0.2) is 49.6 Å². The molecule has 2 amide bonds. The third kappa shape index (κ3) is 4.80. The Morgan fingerprint density at radius 2 is 2.14 bits per heavy atom. The quantitative estimate of drug-likeness (QED) is 0.821. The molecule has 1 aromatic carbocycles. The Hall–Kier alpha value is -1.95. The molecule has 1 fully saturated rings. The van der Waals surface area contributed by atoms with Gasteiger partial charge in [-0.15, -0.1) is 0 Å². The summed E-state index contributed by atoms with van der Waals surface area (Å²) in [7, 11) is 1.55. The number of carbonyl (C=O) groups is 2. The van der Waals surface area contributed by atoms with Crippen molar-refractivity contribution in [2.45, 2.75) is 25.3 Å². The summed E-state index contributed by atoms with van der Waals surface area (Å²) < 4.78 is 17.7. The van der Waals surface area contributed by atoms with E-state index < -0.39 is 0 Å². The van der Waals surface area contributed by atoms with Crippen LogP contribution in [-0.2, 0) is 20.7 Å². The Morgan fingerprint density at radius 1 is 1.41 bits per heavy atom. The Labute approximate surface area is 129 Å². The molecule has 2 rings (SSSR count). The van der Waals surface area contributed by atoms with Gasteiger partial charge in [-0.25, -0.2) is 4.39 Å². The highest BCUT2D eigenvalue weighted by Crippen LogP contribution is 2.13. The topological polar surface area (TPSA) is 58.6 Å². The van der Waals surface area contributed by atoms with Crippen LogP contribution in [0.25, 0.3) is 0 Å². The smallest absolute Gasteiger partial charge is 0.224 e. The van der Waals surface area contributed by atoms with Gasteiger partial charge in [-0.3, -0.25) is 9.59 Å². The zero-order chi connectivity index (χ0) is 15.9. The molecule has 1 N–H and O–H groups in total. The maximum absolute atomic E-state index is 12.8. The molecule has 0 unspecified atom stereocenters. The summed E-state index contributed by atoms with van der Waals surface area (Å²) in [5.74, 6) is -0.320. The number of rotatable bonds is 7. The highest BCUT2D eigenvalue weighted by Gasteiger charge is 2.29. The van der Waals surface area contributed by atoms with E-state index in [1.165, 1.54) is 12.1 Å². The van der Waals surface area contributed by atoms with Crippen LogP contribution in [0.2, 0.25) is 0 Å². The van der Waals surface area contributed by atoms with Crippen molar-refractivity contribution in [1.29, 1.82) is 0 Å². The van der Waals surface area contributed by atoms with E-state index in [1.54, 1.807) is 24.1 Å². The molecule has 1 aromatic rings. The second-order valence-electron chi connectivity index (χ2n) is 5.43. The molecule has 120 valence electrons. The Kier molecular flexibility index (Phi) is 5.89. The van der Waals surface area contributed by atoms with Crippen molar-refractivity contribution in [3.63, 3.8) is 0 Å². The zero-order valence-electron chi connectivity index (χ0n) is 12.7. The zero-order valence-corrected chi connectivity index (χ0v) is 12.7. The van der Waals surface area contributed by atoms with Gasteiger partial charge in [0.05, 0.1) is 12.6 Å². The van der Waals surface area contributed by atoms with Gasteiger partial charge in [0.2, 0.25) is 11.8 Å². The van der Waals surface area contributed by atoms with Gasteiger partial charge >= 0.3 is 0 Å². The minimum atomic E-state index is -0.264. The number of nitrogens with one attached hydrogen (secondary N) is 1. The third-order valence-corrected chi connectivity index (χ3v) is 3.70. The van der Waals surface area contributed by atoms with Gasteiger partial charge in [-0.05, 0) is 24.1 Å². The number of amides is 2. The first kappa shape index (κ1) is 16.4. The van der Waals surface area contributed by atoms with Crippen molar-refractivity contribution in [2.75, 3.05) is 26.8 Å². The van der Waals surface area contributed by atoms with Crippen LogP contribution < -0.4 is 5.32 Å². The average Bonchev–Trinajstić information content (AvgIpc) is 2.84. The van der Waals surface area contributed by atoms with E-state index >= 15 is 0 Å². The molecule has 1 saturated heterocycles. The van der Waals surface area contributed by atoms with Crippen LogP contribution >= 0.6 is 0 Å². The minimum Gasteiger partial charge on any atom is -0.384 e. The lowest BCUT2D eigenvalue weighted by atomic mass is 10.1. The lowest BCUT2D eigenvalue weighted by molar-refractivity contribution is -0.127. The lowest BCUT2D eigenvalue weighted by Gasteiger charge is -2.17. The summed E-state index contributed by atoms with van der Waals surface area (Å²) in [6.07, 6.45) is 1.31. The van der Waals surface area contributed by atoms with Crippen LogP contribution in [0.3, 0.4) is 0 Å². The molecule has 0 bridgehead atoms.